The van der Waals surface area contributed by atoms with Crippen LogP contribution in [0.4, 0.5) is 0 Å². The number of aldehydes is 1. The summed E-state index contributed by atoms with van der Waals surface area (Å²) in [4.78, 5) is 44.3. The lowest BCUT2D eigenvalue weighted by molar-refractivity contribution is -0.244. The van der Waals surface area contributed by atoms with Gasteiger partial charge in [-0.1, -0.05) is 6.92 Å². The number of rotatable bonds is 4. The lowest BCUT2D eigenvalue weighted by Crippen LogP contribution is -1.98. The molecule has 124 valence electrons. The van der Waals surface area contributed by atoms with Gasteiger partial charge in [0.1, 0.15) is 12.4 Å². The molecule has 0 aromatic carbocycles. The summed E-state index contributed by atoms with van der Waals surface area (Å²) in [5.41, 5.74) is 0. The zero-order valence-electron chi connectivity index (χ0n) is 10.4. The molecule has 0 radical (unpaired) electrons. The Hall–Kier alpha value is -0.810. The van der Waals surface area contributed by atoms with Gasteiger partial charge in [-0.25, -0.2) is 9.82 Å². The molecule has 0 amide bonds. The molecule has 0 aliphatic heterocycles. The Labute approximate surface area is 115 Å². The number of phosphoric ester groups is 1. The monoisotopic (exact) mass is 344 g/mol. The van der Waals surface area contributed by atoms with E-state index in [4.69, 9.17) is 29.6 Å². The summed E-state index contributed by atoms with van der Waals surface area (Å²) in [6, 6.07) is 0. The van der Waals surface area contributed by atoms with Gasteiger partial charge in [-0.05, 0) is 11.5 Å². The highest BCUT2D eigenvalue weighted by molar-refractivity contribution is 7.46. The van der Waals surface area contributed by atoms with Crippen molar-refractivity contribution in [2.24, 2.45) is 0 Å². The van der Waals surface area contributed by atoms with E-state index in [0.29, 0.717) is 6.29 Å². The van der Waals surface area contributed by atoms with Gasteiger partial charge in [-0.3, -0.25) is 14.6 Å². The number of carbonyl (C=O) groups is 2. The van der Waals surface area contributed by atoms with Crippen LogP contribution in [-0.2, 0) is 27.9 Å². The minimum atomic E-state index is -4.59. The van der Waals surface area contributed by atoms with Gasteiger partial charge in [0, 0.05) is 12.5 Å². The van der Waals surface area contributed by atoms with E-state index in [1.54, 1.807) is 0 Å². The summed E-state index contributed by atoms with van der Waals surface area (Å²) in [5.74, 6) is -0.900. The average molecular weight is 344 g/mol. The maximum absolute atomic E-state index is 10.1. The molecule has 0 aliphatic rings. The SMILES string of the molecule is CC(O)C=O.CCC(=O)OP(=O)(O)O.O.O=[P+]([O-])OO.[HH]. The number of aliphatic hydroxyl groups excluding tert-OH is 1. The predicted octanol–water partition coefficient (Wildman–Crippen LogP) is -1.49. The third-order valence-corrected chi connectivity index (χ3v) is 1.35. The molecule has 14 heteroatoms. The maximum Gasteiger partial charge on any atom is 0.526 e. The van der Waals surface area contributed by atoms with Gasteiger partial charge in [0.05, 0.1) is 0 Å². The quantitative estimate of drug-likeness (QED) is 0.199. The molecule has 0 saturated heterocycles. The van der Waals surface area contributed by atoms with Gasteiger partial charge in [-0.2, -0.15) is 0 Å². The summed E-state index contributed by atoms with van der Waals surface area (Å²) in [6.45, 7) is 2.85. The zero-order valence-corrected chi connectivity index (χ0v) is 12.2. The van der Waals surface area contributed by atoms with E-state index in [0.717, 1.165) is 0 Å². The van der Waals surface area contributed by atoms with Crippen LogP contribution >= 0.6 is 16.1 Å². The molecule has 0 aromatic heterocycles. The predicted molar refractivity (Wildman–Crippen MR) is 63.2 cm³/mol. The Bertz CT molecular complexity index is 315. The second kappa shape index (κ2) is 16.2. The Morgan fingerprint density at radius 3 is 1.90 bits per heavy atom. The van der Waals surface area contributed by atoms with E-state index in [1.807, 2.05) is 0 Å². The van der Waals surface area contributed by atoms with Crippen molar-refractivity contribution in [2.45, 2.75) is 26.4 Å². The highest BCUT2D eigenvalue weighted by atomic mass is 31.2. The normalized spacial score (nSPS) is 11.2. The lowest BCUT2D eigenvalue weighted by Gasteiger charge is -2.01. The fourth-order valence-electron chi connectivity index (χ4n) is 0.197. The Kier molecular flexibility index (Phi) is 22.4. The van der Waals surface area contributed by atoms with Crippen molar-refractivity contribution in [3.63, 3.8) is 0 Å². The highest BCUT2D eigenvalue weighted by Gasteiger charge is 2.18. The summed E-state index contributed by atoms with van der Waals surface area (Å²) >= 11 is 0. The standard InChI is InChI=1S/C3H7O5P.C3H6O2.HO4P.H2O.H2/c1-2-3(4)8-9(5,6)7;1-3(5)2-4;1-4-5(2)3;;/h2H2,1H3,(H2,5,6,7);2-3,5H,1H3;1H;1H2;1H. The molecule has 20 heavy (non-hydrogen) atoms. The first-order valence-electron chi connectivity index (χ1n) is 4.37. The largest absolute Gasteiger partial charge is 0.565 e. The molecule has 0 spiro atoms. The van der Waals surface area contributed by atoms with Crippen molar-refractivity contribution < 1.29 is 59.9 Å². The molecule has 0 saturated carbocycles. The van der Waals surface area contributed by atoms with Crippen LogP contribution in [0.3, 0.4) is 0 Å². The minimum absolute atomic E-state index is 0. The van der Waals surface area contributed by atoms with Gasteiger partial charge in [-0.15, -0.1) is 0 Å². The van der Waals surface area contributed by atoms with Crippen LogP contribution in [0.2, 0.25) is 0 Å². The molecule has 0 aliphatic carbocycles. The van der Waals surface area contributed by atoms with Crippen molar-refractivity contribution in [1.82, 2.24) is 0 Å². The van der Waals surface area contributed by atoms with Crippen LogP contribution in [0, 0.1) is 0 Å². The van der Waals surface area contributed by atoms with Gasteiger partial charge >= 0.3 is 22.0 Å². The Morgan fingerprint density at radius 1 is 1.55 bits per heavy atom. The minimum Gasteiger partial charge on any atom is -0.565 e. The number of carbonyl (C=O) groups excluding carboxylic acids is 2. The topological polar surface area (TPSA) is 222 Å². The first-order valence-corrected chi connectivity index (χ1v) is 6.99. The molecule has 6 N–H and O–H groups in total. The fraction of sp³-hybridized carbons (Fsp3) is 0.667. The maximum atomic E-state index is 10.1. The van der Waals surface area contributed by atoms with E-state index in [9.17, 15) is 14.2 Å². The molecule has 0 bridgehead atoms. The smallest absolute Gasteiger partial charge is 0.526 e. The van der Waals surface area contributed by atoms with Gasteiger partial charge < -0.3 is 24.8 Å². The molecule has 0 aromatic rings. The van der Waals surface area contributed by atoms with E-state index >= 15 is 0 Å². The molecular weight excluding hydrogens is 326 g/mol. The van der Waals surface area contributed by atoms with Crippen molar-refractivity contribution in [2.75, 3.05) is 0 Å². The lowest BCUT2D eigenvalue weighted by atomic mass is 10.5. The first kappa shape index (κ1) is 27.5. The highest BCUT2D eigenvalue weighted by Crippen LogP contribution is 2.35. The van der Waals surface area contributed by atoms with Crippen molar-refractivity contribution in [3.8, 4) is 0 Å². The van der Waals surface area contributed by atoms with E-state index in [1.165, 1.54) is 13.8 Å². The van der Waals surface area contributed by atoms with E-state index < -0.39 is 28.2 Å². The Balaban J connectivity index is -0.0000000622. The van der Waals surface area contributed by atoms with Crippen LogP contribution < -0.4 is 4.89 Å². The van der Waals surface area contributed by atoms with Gasteiger partial charge in [0.25, 0.3) is 0 Å². The second-order valence-corrected chi connectivity index (χ2v) is 4.26. The van der Waals surface area contributed by atoms with Crippen LogP contribution in [0.25, 0.3) is 0 Å². The van der Waals surface area contributed by atoms with Crippen LogP contribution in [-0.4, -0.2) is 44.0 Å². The second-order valence-electron chi connectivity index (χ2n) is 2.49. The zero-order chi connectivity index (χ0) is 16.1. The van der Waals surface area contributed by atoms with E-state index in [2.05, 4.69) is 9.20 Å². The third-order valence-electron chi connectivity index (χ3n) is 0.773. The molecular formula is C6H18O12P2. The molecule has 0 fully saturated rings. The Morgan fingerprint density at radius 2 is 1.85 bits per heavy atom. The molecule has 0 rings (SSSR count). The van der Waals surface area contributed by atoms with Crippen molar-refractivity contribution >= 4 is 28.3 Å². The molecule has 2 unspecified atom stereocenters. The number of hydrogen-bond acceptors (Lipinski definition) is 9. The van der Waals surface area contributed by atoms with Crippen molar-refractivity contribution in [1.29, 1.82) is 0 Å². The summed E-state index contributed by atoms with van der Waals surface area (Å²) < 4.78 is 25.1. The molecule has 2 atom stereocenters. The van der Waals surface area contributed by atoms with E-state index in [-0.39, 0.29) is 13.3 Å². The number of hydrogen-bond donors (Lipinski definition) is 4. The van der Waals surface area contributed by atoms with Crippen LogP contribution in [0.1, 0.15) is 21.7 Å². The summed E-state index contributed by atoms with van der Waals surface area (Å²) in [6.07, 6.45) is -0.361. The third kappa shape index (κ3) is 43.4. The number of phosphoric acid groups is 1. The van der Waals surface area contributed by atoms with Crippen LogP contribution in [0.15, 0.2) is 0 Å². The van der Waals surface area contributed by atoms with Gasteiger partial charge in [0.15, 0.2) is 0 Å². The van der Waals surface area contributed by atoms with Gasteiger partial charge in [0.2, 0.25) is 0 Å². The summed E-state index contributed by atoms with van der Waals surface area (Å²) in [5, 5.41) is 15.0. The first-order chi connectivity index (χ1) is 8.49. The summed E-state index contributed by atoms with van der Waals surface area (Å²) in [7, 11) is -7.63. The average Bonchev–Trinajstić information content (AvgIpc) is 2.28. The molecule has 12 nitrogen and oxygen atoms in total. The molecule has 0 heterocycles. The van der Waals surface area contributed by atoms with Crippen molar-refractivity contribution in [3.05, 3.63) is 0 Å². The van der Waals surface area contributed by atoms with Crippen LogP contribution in [0.5, 0.6) is 0 Å². The fourth-order valence-corrected chi connectivity index (χ4v) is 0.592. The number of aliphatic hydroxyl groups is 1.